The molecule has 2 aliphatic heterocycles. The number of furan rings is 1. The number of nitrogens with zero attached hydrogens (tertiary/aromatic N) is 2. The number of piperidine rings is 1. The molecule has 7 nitrogen and oxygen atoms in total. The largest absolute Gasteiger partial charge is 0.493 e. The number of ether oxygens (including phenoxy) is 2. The van der Waals surface area contributed by atoms with E-state index in [-0.39, 0.29) is 17.2 Å². The molecule has 36 heavy (non-hydrogen) atoms. The standard InChI is InChI=1S/C27H28Cl2N2O5/c28-20-1-4-22(5-2-20)35-18-27(17-25(32)30-11-13-34-14-12-30)7-9-31(10-8-27)26(33)24-16-19-15-21(29)3-6-23(19)36-24/h1-6,15-16H,7-14,17-18H2. The van der Waals surface area contributed by atoms with Crippen LogP contribution in [-0.2, 0) is 9.53 Å². The Labute approximate surface area is 219 Å². The van der Waals surface area contributed by atoms with Gasteiger partial charge in [-0.1, -0.05) is 23.2 Å². The molecule has 2 amide bonds. The van der Waals surface area contributed by atoms with Crippen LogP contribution >= 0.6 is 23.2 Å². The minimum absolute atomic E-state index is 0.104. The second-order valence-electron chi connectivity index (χ2n) is 9.50. The maximum Gasteiger partial charge on any atom is 0.289 e. The zero-order valence-electron chi connectivity index (χ0n) is 19.9. The van der Waals surface area contributed by atoms with Gasteiger partial charge in [-0.15, -0.1) is 0 Å². The van der Waals surface area contributed by atoms with Crippen LogP contribution in [0.4, 0.5) is 0 Å². The molecular weight excluding hydrogens is 503 g/mol. The van der Waals surface area contributed by atoms with Crippen molar-refractivity contribution in [2.75, 3.05) is 46.0 Å². The molecule has 2 aliphatic rings. The van der Waals surface area contributed by atoms with Crippen molar-refractivity contribution >= 4 is 46.0 Å². The summed E-state index contributed by atoms with van der Waals surface area (Å²) in [6.45, 7) is 3.74. The van der Waals surface area contributed by atoms with E-state index in [0.717, 1.165) is 5.39 Å². The number of carbonyl (C=O) groups is 2. The fourth-order valence-corrected chi connectivity index (χ4v) is 5.15. The van der Waals surface area contributed by atoms with Gasteiger partial charge in [-0.3, -0.25) is 9.59 Å². The van der Waals surface area contributed by atoms with E-state index in [2.05, 4.69) is 0 Å². The Balaban J connectivity index is 1.29. The molecule has 2 aromatic carbocycles. The third-order valence-electron chi connectivity index (χ3n) is 7.05. The van der Waals surface area contributed by atoms with E-state index in [1.807, 2.05) is 17.0 Å². The molecule has 2 fully saturated rings. The molecule has 0 unspecified atom stereocenters. The van der Waals surface area contributed by atoms with Crippen molar-refractivity contribution in [1.82, 2.24) is 9.80 Å². The first-order valence-corrected chi connectivity index (χ1v) is 12.9. The predicted molar refractivity (Wildman–Crippen MR) is 138 cm³/mol. The molecule has 190 valence electrons. The smallest absolute Gasteiger partial charge is 0.289 e. The second-order valence-corrected chi connectivity index (χ2v) is 10.4. The normalized spacial score (nSPS) is 17.8. The van der Waals surface area contributed by atoms with E-state index in [1.54, 1.807) is 41.3 Å². The number of fused-ring (bicyclic) bond motifs is 1. The Kier molecular flexibility index (Phi) is 7.42. The summed E-state index contributed by atoms with van der Waals surface area (Å²) in [5.41, 5.74) is 0.245. The highest BCUT2D eigenvalue weighted by atomic mass is 35.5. The number of morpholine rings is 1. The average molecular weight is 531 g/mol. The van der Waals surface area contributed by atoms with E-state index < -0.39 is 0 Å². The van der Waals surface area contributed by atoms with Gasteiger partial charge in [0.15, 0.2) is 5.76 Å². The molecule has 0 spiro atoms. The lowest BCUT2D eigenvalue weighted by atomic mass is 9.75. The van der Waals surface area contributed by atoms with Gasteiger partial charge < -0.3 is 23.7 Å². The second kappa shape index (κ2) is 10.7. The van der Waals surface area contributed by atoms with Crippen molar-refractivity contribution in [2.24, 2.45) is 5.41 Å². The third-order valence-corrected chi connectivity index (χ3v) is 7.54. The summed E-state index contributed by atoms with van der Waals surface area (Å²) >= 11 is 12.1. The molecule has 0 aliphatic carbocycles. The molecule has 5 rings (SSSR count). The summed E-state index contributed by atoms with van der Waals surface area (Å²) in [7, 11) is 0. The van der Waals surface area contributed by atoms with Crippen molar-refractivity contribution in [3.8, 4) is 5.75 Å². The molecule has 0 bridgehead atoms. The van der Waals surface area contributed by atoms with Crippen molar-refractivity contribution in [1.29, 1.82) is 0 Å². The van der Waals surface area contributed by atoms with Crippen LogP contribution in [0, 0.1) is 5.41 Å². The SMILES string of the molecule is O=C(CC1(COc2ccc(Cl)cc2)CCN(C(=O)c2cc3cc(Cl)ccc3o2)CC1)N1CCOCC1. The average Bonchev–Trinajstić information content (AvgIpc) is 3.32. The molecule has 1 aromatic heterocycles. The van der Waals surface area contributed by atoms with Gasteiger partial charge in [0, 0.05) is 53.4 Å². The van der Waals surface area contributed by atoms with Gasteiger partial charge in [0.2, 0.25) is 5.91 Å². The third kappa shape index (κ3) is 5.64. The van der Waals surface area contributed by atoms with Gasteiger partial charge in [0.25, 0.3) is 5.91 Å². The Hall–Kier alpha value is -2.74. The van der Waals surface area contributed by atoms with Crippen molar-refractivity contribution in [3.63, 3.8) is 0 Å². The highest BCUT2D eigenvalue weighted by Crippen LogP contribution is 2.37. The molecule has 0 N–H and O–H groups in total. The van der Waals surface area contributed by atoms with E-state index in [4.69, 9.17) is 37.1 Å². The van der Waals surface area contributed by atoms with Crippen molar-refractivity contribution in [2.45, 2.75) is 19.3 Å². The summed E-state index contributed by atoms with van der Waals surface area (Å²) in [5, 5.41) is 2.03. The number of carbonyl (C=O) groups excluding carboxylic acids is 2. The number of hydrogen-bond acceptors (Lipinski definition) is 5. The Morgan fingerprint density at radius 1 is 0.889 bits per heavy atom. The van der Waals surface area contributed by atoms with Crippen LogP contribution < -0.4 is 4.74 Å². The Bertz CT molecular complexity index is 1230. The van der Waals surface area contributed by atoms with Gasteiger partial charge in [-0.2, -0.15) is 0 Å². The van der Waals surface area contributed by atoms with Crippen LogP contribution in [0.2, 0.25) is 10.0 Å². The zero-order chi connectivity index (χ0) is 25.1. The van der Waals surface area contributed by atoms with E-state index in [0.29, 0.717) is 92.4 Å². The molecule has 0 radical (unpaired) electrons. The first kappa shape index (κ1) is 24.9. The monoisotopic (exact) mass is 530 g/mol. The van der Waals surface area contributed by atoms with Gasteiger partial charge in [-0.05, 0) is 61.4 Å². The van der Waals surface area contributed by atoms with Gasteiger partial charge in [0.1, 0.15) is 11.3 Å². The molecule has 0 atom stereocenters. The lowest BCUT2D eigenvalue weighted by molar-refractivity contribution is -0.139. The van der Waals surface area contributed by atoms with E-state index >= 15 is 0 Å². The summed E-state index contributed by atoms with van der Waals surface area (Å²) in [5.74, 6) is 0.944. The van der Waals surface area contributed by atoms with E-state index in [1.165, 1.54) is 0 Å². The first-order valence-electron chi connectivity index (χ1n) is 12.1. The lowest BCUT2D eigenvalue weighted by Gasteiger charge is -2.42. The van der Waals surface area contributed by atoms with E-state index in [9.17, 15) is 9.59 Å². The van der Waals surface area contributed by atoms with Crippen LogP contribution in [-0.4, -0.2) is 67.6 Å². The number of likely N-dealkylation sites (tertiary alicyclic amines) is 1. The Morgan fingerprint density at radius 3 is 2.31 bits per heavy atom. The maximum absolute atomic E-state index is 13.2. The number of benzene rings is 2. The number of rotatable bonds is 6. The fourth-order valence-electron chi connectivity index (χ4n) is 4.84. The molecule has 3 aromatic rings. The number of hydrogen-bond donors (Lipinski definition) is 0. The lowest BCUT2D eigenvalue weighted by Crippen LogP contribution is -2.49. The maximum atomic E-state index is 13.2. The van der Waals surface area contributed by atoms with Crippen molar-refractivity contribution in [3.05, 3.63) is 64.3 Å². The summed E-state index contributed by atoms with van der Waals surface area (Å²) in [6.07, 6.45) is 1.66. The number of amides is 2. The zero-order valence-corrected chi connectivity index (χ0v) is 21.4. The highest BCUT2D eigenvalue weighted by Gasteiger charge is 2.40. The topological polar surface area (TPSA) is 72.2 Å². The van der Waals surface area contributed by atoms with Gasteiger partial charge >= 0.3 is 0 Å². The first-order chi connectivity index (χ1) is 17.4. The minimum Gasteiger partial charge on any atom is -0.493 e. The molecular formula is C27H28Cl2N2O5. The van der Waals surface area contributed by atoms with Crippen LogP contribution in [0.3, 0.4) is 0 Å². The molecule has 0 saturated carbocycles. The number of halogens is 2. The van der Waals surface area contributed by atoms with Crippen LogP contribution in [0.15, 0.2) is 52.9 Å². The summed E-state index contributed by atoms with van der Waals surface area (Å²) in [6, 6.07) is 14.2. The molecule has 3 heterocycles. The Morgan fingerprint density at radius 2 is 1.58 bits per heavy atom. The minimum atomic E-state index is -0.382. The molecule has 9 heteroatoms. The molecule has 2 saturated heterocycles. The van der Waals surface area contributed by atoms with Crippen LogP contribution in [0.25, 0.3) is 11.0 Å². The predicted octanol–water partition coefficient (Wildman–Crippen LogP) is 5.29. The van der Waals surface area contributed by atoms with Crippen LogP contribution in [0.1, 0.15) is 29.8 Å². The van der Waals surface area contributed by atoms with Crippen LogP contribution in [0.5, 0.6) is 5.75 Å². The highest BCUT2D eigenvalue weighted by molar-refractivity contribution is 6.31. The fraction of sp³-hybridized carbons (Fsp3) is 0.407. The quantitative estimate of drug-likeness (QED) is 0.432. The summed E-state index contributed by atoms with van der Waals surface area (Å²) < 4.78 is 17.3. The van der Waals surface area contributed by atoms with Crippen molar-refractivity contribution < 1.29 is 23.5 Å². The van der Waals surface area contributed by atoms with Gasteiger partial charge in [0.05, 0.1) is 19.8 Å². The summed E-state index contributed by atoms with van der Waals surface area (Å²) in [4.78, 5) is 30.1. The van der Waals surface area contributed by atoms with Gasteiger partial charge in [-0.25, -0.2) is 0 Å².